The molecule has 17 heavy (non-hydrogen) atoms. The first-order valence-electron chi connectivity index (χ1n) is 5.59. The molecule has 1 saturated heterocycles. The van der Waals surface area contributed by atoms with Crippen molar-refractivity contribution in [3.63, 3.8) is 0 Å². The predicted molar refractivity (Wildman–Crippen MR) is 63.1 cm³/mol. The summed E-state index contributed by atoms with van der Waals surface area (Å²) in [5.41, 5.74) is 1.43. The highest BCUT2D eigenvalue weighted by molar-refractivity contribution is 6.35. The second kappa shape index (κ2) is 3.70. The van der Waals surface area contributed by atoms with E-state index in [4.69, 9.17) is 21.1 Å². The fourth-order valence-electron chi connectivity index (χ4n) is 2.44. The molecule has 2 aliphatic heterocycles. The molecule has 2 heterocycles. The van der Waals surface area contributed by atoms with Gasteiger partial charge in [-0.1, -0.05) is 23.7 Å². The summed E-state index contributed by atoms with van der Waals surface area (Å²) >= 11 is 6.17. The highest BCUT2D eigenvalue weighted by Crippen LogP contribution is 2.48. The third-order valence-electron chi connectivity index (χ3n) is 3.15. The van der Waals surface area contributed by atoms with Crippen molar-refractivity contribution in [2.75, 3.05) is 24.7 Å². The lowest BCUT2D eigenvalue weighted by atomic mass is 10.1. The van der Waals surface area contributed by atoms with Gasteiger partial charge in [0.15, 0.2) is 0 Å². The number of amides is 1. The lowest BCUT2D eigenvalue weighted by Crippen LogP contribution is -2.41. The van der Waals surface area contributed by atoms with Gasteiger partial charge < -0.3 is 14.4 Å². The van der Waals surface area contributed by atoms with Gasteiger partial charge >= 0.3 is 0 Å². The van der Waals surface area contributed by atoms with E-state index in [9.17, 15) is 4.79 Å². The molecule has 0 N–H and O–H groups in total. The molecule has 1 aromatic rings. The van der Waals surface area contributed by atoms with Crippen LogP contribution in [0.15, 0.2) is 18.2 Å². The molecule has 1 spiro atoms. The van der Waals surface area contributed by atoms with Crippen LogP contribution in [0.1, 0.15) is 12.5 Å². The molecule has 4 nitrogen and oxygen atoms in total. The van der Waals surface area contributed by atoms with Crippen LogP contribution in [0.4, 0.5) is 5.69 Å². The molecule has 1 fully saturated rings. The zero-order chi connectivity index (χ0) is 12.0. The Hall–Kier alpha value is -1.10. The minimum Gasteiger partial charge on any atom is -0.336 e. The highest BCUT2D eigenvalue weighted by atomic mass is 35.5. The normalized spacial score (nSPS) is 21.3. The Morgan fingerprint density at radius 1 is 1.41 bits per heavy atom. The van der Waals surface area contributed by atoms with Crippen LogP contribution < -0.4 is 4.90 Å². The average molecular weight is 254 g/mol. The Balaban J connectivity index is 2.24. The number of carbonyl (C=O) groups is 1. The van der Waals surface area contributed by atoms with Crippen molar-refractivity contribution in [3.8, 4) is 0 Å². The third kappa shape index (κ3) is 1.29. The van der Waals surface area contributed by atoms with Crippen LogP contribution in [-0.2, 0) is 20.1 Å². The van der Waals surface area contributed by atoms with E-state index in [1.807, 2.05) is 13.0 Å². The molecule has 0 saturated carbocycles. The molecular weight excluding hydrogens is 242 g/mol. The van der Waals surface area contributed by atoms with Crippen molar-refractivity contribution in [2.24, 2.45) is 0 Å². The van der Waals surface area contributed by atoms with Crippen molar-refractivity contribution in [3.05, 3.63) is 28.8 Å². The number of fused-ring (bicyclic) bond motifs is 2. The smallest absolute Gasteiger partial charge is 0.292 e. The molecule has 0 aromatic heterocycles. The zero-order valence-corrected chi connectivity index (χ0v) is 10.2. The number of hydrogen-bond acceptors (Lipinski definition) is 3. The van der Waals surface area contributed by atoms with Crippen molar-refractivity contribution in [2.45, 2.75) is 12.7 Å². The first-order chi connectivity index (χ1) is 8.20. The summed E-state index contributed by atoms with van der Waals surface area (Å²) in [5, 5.41) is 0.550. The minimum atomic E-state index is -1.25. The monoisotopic (exact) mass is 253 g/mol. The number of rotatable bonds is 1. The largest absolute Gasteiger partial charge is 0.336 e. The van der Waals surface area contributed by atoms with Gasteiger partial charge in [-0.2, -0.15) is 0 Å². The van der Waals surface area contributed by atoms with Crippen LogP contribution in [0, 0.1) is 0 Å². The van der Waals surface area contributed by atoms with E-state index < -0.39 is 5.79 Å². The minimum absolute atomic E-state index is 0.180. The quantitative estimate of drug-likeness (QED) is 0.767. The molecule has 90 valence electrons. The van der Waals surface area contributed by atoms with Crippen molar-refractivity contribution >= 4 is 23.2 Å². The number of halogens is 1. The van der Waals surface area contributed by atoms with Gasteiger partial charge in [-0.25, -0.2) is 0 Å². The standard InChI is InChI=1S/C12H12ClNO3/c1-2-14-10-8(4-3-5-9(10)13)12(11(14)15)16-6-7-17-12/h3-5H,2,6-7H2,1H3. The summed E-state index contributed by atoms with van der Waals surface area (Å²) in [6, 6.07) is 5.41. The molecule has 0 unspecified atom stereocenters. The SMILES string of the molecule is CCN1C(=O)C2(OCCO2)c2cccc(Cl)c21. The summed E-state index contributed by atoms with van der Waals surface area (Å²) in [6.45, 7) is 3.30. The highest BCUT2D eigenvalue weighted by Gasteiger charge is 2.56. The van der Waals surface area contributed by atoms with E-state index in [0.717, 1.165) is 0 Å². The maximum absolute atomic E-state index is 12.4. The number of ether oxygens (including phenoxy) is 2. The summed E-state index contributed by atoms with van der Waals surface area (Å²) in [4.78, 5) is 14.0. The van der Waals surface area contributed by atoms with Gasteiger partial charge in [0, 0.05) is 12.1 Å². The first kappa shape index (κ1) is 11.0. The first-order valence-corrected chi connectivity index (χ1v) is 5.97. The third-order valence-corrected chi connectivity index (χ3v) is 3.45. The van der Waals surface area contributed by atoms with Crippen LogP contribution in [0.3, 0.4) is 0 Å². The van der Waals surface area contributed by atoms with Gasteiger partial charge in [-0.05, 0) is 13.0 Å². The Morgan fingerprint density at radius 3 is 2.76 bits per heavy atom. The lowest BCUT2D eigenvalue weighted by Gasteiger charge is -2.21. The summed E-state index contributed by atoms with van der Waals surface area (Å²) in [6.07, 6.45) is 0. The molecule has 0 aliphatic carbocycles. The molecule has 1 aromatic carbocycles. The molecule has 1 amide bonds. The van der Waals surface area contributed by atoms with E-state index in [1.54, 1.807) is 17.0 Å². The van der Waals surface area contributed by atoms with Crippen LogP contribution in [0.2, 0.25) is 5.02 Å². The zero-order valence-electron chi connectivity index (χ0n) is 9.40. The number of para-hydroxylation sites is 1. The van der Waals surface area contributed by atoms with E-state index in [2.05, 4.69) is 0 Å². The van der Waals surface area contributed by atoms with E-state index in [-0.39, 0.29) is 5.91 Å². The number of likely N-dealkylation sites (N-methyl/N-ethyl adjacent to an activating group) is 1. The van der Waals surface area contributed by atoms with Gasteiger partial charge in [-0.15, -0.1) is 0 Å². The Bertz CT molecular complexity index is 483. The van der Waals surface area contributed by atoms with Crippen molar-refractivity contribution < 1.29 is 14.3 Å². The summed E-state index contributed by atoms with van der Waals surface area (Å²) < 4.78 is 11.1. The van der Waals surface area contributed by atoms with Crippen molar-refractivity contribution in [1.82, 2.24) is 0 Å². The number of carbonyl (C=O) groups excluding carboxylic acids is 1. The molecule has 0 bridgehead atoms. The Labute approximate surface area is 104 Å². The second-order valence-electron chi connectivity index (χ2n) is 4.00. The van der Waals surface area contributed by atoms with Gasteiger partial charge in [0.2, 0.25) is 0 Å². The van der Waals surface area contributed by atoms with Crippen LogP contribution >= 0.6 is 11.6 Å². The maximum atomic E-state index is 12.4. The van der Waals surface area contributed by atoms with Gasteiger partial charge in [-0.3, -0.25) is 4.79 Å². The molecule has 3 rings (SSSR count). The maximum Gasteiger partial charge on any atom is 0.292 e. The van der Waals surface area contributed by atoms with Gasteiger partial charge in [0.05, 0.1) is 23.9 Å². The van der Waals surface area contributed by atoms with E-state index in [0.29, 0.717) is 36.0 Å². The number of anilines is 1. The van der Waals surface area contributed by atoms with Crippen LogP contribution in [0.5, 0.6) is 0 Å². The molecule has 0 radical (unpaired) electrons. The van der Waals surface area contributed by atoms with Gasteiger partial charge in [0.25, 0.3) is 11.7 Å². The molecule has 5 heteroatoms. The number of benzene rings is 1. The topological polar surface area (TPSA) is 38.8 Å². The van der Waals surface area contributed by atoms with Crippen molar-refractivity contribution in [1.29, 1.82) is 0 Å². The molecule has 0 atom stereocenters. The van der Waals surface area contributed by atoms with Crippen LogP contribution in [0.25, 0.3) is 0 Å². The molecule has 2 aliphatic rings. The lowest BCUT2D eigenvalue weighted by molar-refractivity contribution is -0.180. The average Bonchev–Trinajstić information content (AvgIpc) is 2.89. The summed E-state index contributed by atoms with van der Waals surface area (Å²) in [5.74, 6) is -1.43. The number of hydrogen-bond donors (Lipinski definition) is 0. The van der Waals surface area contributed by atoms with Crippen LogP contribution in [-0.4, -0.2) is 25.7 Å². The second-order valence-corrected chi connectivity index (χ2v) is 4.41. The fourth-order valence-corrected chi connectivity index (χ4v) is 2.72. The number of nitrogens with zero attached hydrogens (tertiary/aromatic N) is 1. The Kier molecular flexibility index (Phi) is 2.40. The Morgan fingerprint density at radius 2 is 2.12 bits per heavy atom. The van der Waals surface area contributed by atoms with E-state index in [1.165, 1.54) is 0 Å². The summed E-state index contributed by atoms with van der Waals surface area (Å²) in [7, 11) is 0. The van der Waals surface area contributed by atoms with E-state index >= 15 is 0 Å². The molecular formula is C12H12ClNO3. The van der Waals surface area contributed by atoms with Gasteiger partial charge in [0.1, 0.15) is 0 Å². The fraction of sp³-hybridized carbons (Fsp3) is 0.417. The predicted octanol–water partition coefficient (Wildman–Crippen LogP) is 1.91.